The zero-order valence-electron chi connectivity index (χ0n) is 14.2. The maximum atomic E-state index is 12.5. The number of amides is 1. The third-order valence-electron chi connectivity index (χ3n) is 4.31. The van der Waals surface area contributed by atoms with Crippen molar-refractivity contribution >= 4 is 16.8 Å². The number of fused-ring (bicyclic) bond motifs is 2. The molecule has 0 saturated carbocycles. The fourth-order valence-corrected chi connectivity index (χ4v) is 2.97. The van der Waals surface area contributed by atoms with Gasteiger partial charge in [-0.15, -0.1) is 0 Å². The van der Waals surface area contributed by atoms with E-state index in [0.717, 1.165) is 11.3 Å². The molecule has 7 nitrogen and oxygen atoms in total. The predicted molar refractivity (Wildman–Crippen MR) is 95.6 cm³/mol. The highest BCUT2D eigenvalue weighted by molar-refractivity contribution is 5.95. The number of carbonyl (C=O) groups is 1. The fraction of sp³-hybridized carbons (Fsp3) is 0.211. The van der Waals surface area contributed by atoms with Gasteiger partial charge in [0.1, 0.15) is 0 Å². The van der Waals surface area contributed by atoms with E-state index in [4.69, 9.17) is 9.47 Å². The molecular weight excluding hydrogens is 334 g/mol. The number of aromatic nitrogens is 2. The lowest BCUT2D eigenvalue weighted by Gasteiger charge is -2.08. The van der Waals surface area contributed by atoms with Gasteiger partial charge in [-0.3, -0.25) is 14.3 Å². The molecule has 0 spiro atoms. The summed E-state index contributed by atoms with van der Waals surface area (Å²) in [7, 11) is 1.71. The lowest BCUT2D eigenvalue weighted by Crippen LogP contribution is -2.33. The number of nitrogens with one attached hydrogen (secondary N) is 1. The lowest BCUT2D eigenvalue weighted by atomic mass is 10.1. The average Bonchev–Trinajstić information content (AvgIpc) is 3.12. The third-order valence-corrected chi connectivity index (χ3v) is 4.31. The van der Waals surface area contributed by atoms with E-state index < -0.39 is 5.91 Å². The first kappa shape index (κ1) is 16.1. The van der Waals surface area contributed by atoms with Gasteiger partial charge in [0.15, 0.2) is 17.2 Å². The molecule has 0 bridgehead atoms. The summed E-state index contributed by atoms with van der Waals surface area (Å²) in [5.41, 5.74) is 1.24. The Morgan fingerprint density at radius 1 is 1.19 bits per heavy atom. The molecule has 132 valence electrons. The monoisotopic (exact) mass is 351 g/mol. The molecule has 0 atom stereocenters. The van der Waals surface area contributed by atoms with E-state index in [1.54, 1.807) is 29.9 Å². The summed E-state index contributed by atoms with van der Waals surface area (Å²) in [6.07, 6.45) is 0.607. The van der Waals surface area contributed by atoms with Gasteiger partial charge in [-0.05, 0) is 36.2 Å². The largest absolute Gasteiger partial charge is 0.454 e. The highest BCUT2D eigenvalue weighted by atomic mass is 16.7. The molecule has 0 radical (unpaired) electrons. The zero-order chi connectivity index (χ0) is 18.1. The molecule has 26 heavy (non-hydrogen) atoms. The maximum Gasteiger partial charge on any atom is 0.275 e. The van der Waals surface area contributed by atoms with Gasteiger partial charge in [0.05, 0.1) is 5.52 Å². The van der Waals surface area contributed by atoms with Crippen LogP contribution in [0.15, 0.2) is 47.3 Å². The van der Waals surface area contributed by atoms with E-state index in [9.17, 15) is 9.59 Å². The molecule has 4 rings (SSSR count). The Bertz CT molecular complexity index is 1060. The Balaban J connectivity index is 1.48. The van der Waals surface area contributed by atoms with Crippen LogP contribution in [-0.4, -0.2) is 29.0 Å². The number of nitrogens with zero attached hydrogens (tertiary/aromatic N) is 2. The Hall–Kier alpha value is -3.35. The number of aryl methyl sites for hydroxylation is 1. The quantitative estimate of drug-likeness (QED) is 0.773. The van der Waals surface area contributed by atoms with Crippen LogP contribution in [0.1, 0.15) is 16.1 Å². The molecular formula is C19H17N3O4. The summed E-state index contributed by atoms with van der Waals surface area (Å²) in [6.45, 7) is 0.614. The highest BCUT2D eigenvalue weighted by Gasteiger charge is 2.16. The molecule has 2 heterocycles. The van der Waals surface area contributed by atoms with E-state index in [1.165, 1.54) is 0 Å². The summed E-state index contributed by atoms with van der Waals surface area (Å²) in [6, 6.07) is 12.8. The molecule has 0 saturated heterocycles. The molecule has 1 aromatic heterocycles. The van der Waals surface area contributed by atoms with Crippen molar-refractivity contribution in [1.82, 2.24) is 15.1 Å². The molecule has 3 aromatic rings. The summed E-state index contributed by atoms with van der Waals surface area (Å²) < 4.78 is 12.2. The minimum atomic E-state index is -0.475. The Morgan fingerprint density at radius 3 is 2.88 bits per heavy atom. The number of rotatable bonds is 4. The molecule has 7 heteroatoms. The number of para-hydroxylation sites is 1. The van der Waals surface area contributed by atoms with E-state index in [0.29, 0.717) is 29.6 Å². The summed E-state index contributed by atoms with van der Waals surface area (Å²) >= 11 is 0. The van der Waals surface area contributed by atoms with Crippen LogP contribution in [0.25, 0.3) is 10.9 Å². The van der Waals surface area contributed by atoms with Gasteiger partial charge in [-0.1, -0.05) is 18.2 Å². The van der Waals surface area contributed by atoms with Gasteiger partial charge in [-0.2, -0.15) is 5.10 Å². The number of benzene rings is 2. The maximum absolute atomic E-state index is 12.5. The number of ether oxygens (including phenoxy) is 2. The second-order valence-corrected chi connectivity index (χ2v) is 6.01. The Morgan fingerprint density at radius 2 is 2.00 bits per heavy atom. The minimum Gasteiger partial charge on any atom is -0.454 e. The van der Waals surface area contributed by atoms with Crippen LogP contribution in [0.3, 0.4) is 0 Å². The van der Waals surface area contributed by atoms with Crippen molar-refractivity contribution in [2.24, 2.45) is 7.05 Å². The first-order chi connectivity index (χ1) is 12.6. The number of hydrogen-bond acceptors (Lipinski definition) is 5. The van der Waals surface area contributed by atoms with Crippen LogP contribution in [0.5, 0.6) is 11.5 Å². The van der Waals surface area contributed by atoms with Gasteiger partial charge < -0.3 is 14.8 Å². The lowest BCUT2D eigenvalue weighted by molar-refractivity contribution is 0.0946. The van der Waals surface area contributed by atoms with Gasteiger partial charge >= 0.3 is 0 Å². The Kier molecular flexibility index (Phi) is 4.04. The first-order valence-electron chi connectivity index (χ1n) is 8.26. The average molecular weight is 351 g/mol. The van der Waals surface area contributed by atoms with E-state index >= 15 is 0 Å². The van der Waals surface area contributed by atoms with Crippen LogP contribution in [0.2, 0.25) is 0 Å². The molecule has 0 unspecified atom stereocenters. The first-order valence-corrected chi connectivity index (χ1v) is 8.26. The van der Waals surface area contributed by atoms with Crippen LogP contribution >= 0.6 is 0 Å². The van der Waals surface area contributed by atoms with Crippen LogP contribution < -0.4 is 20.2 Å². The third kappa shape index (κ3) is 2.88. The van der Waals surface area contributed by atoms with Crippen molar-refractivity contribution in [3.8, 4) is 11.5 Å². The van der Waals surface area contributed by atoms with E-state index in [1.807, 2.05) is 24.3 Å². The van der Waals surface area contributed by atoms with Crippen LogP contribution in [0.4, 0.5) is 0 Å². The SMILES string of the molecule is Cn1nc(C(=O)NCCc2ccc3c(c2)OCO3)c(=O)c2ccccc21. The number of carbonyl (C=O) groups excluding carboxylic acids is 1. The fourth-order valence-electron chi connectivity index (χ4n) is 2.97. The van der Waals surface area contributed by atoms with Crippen molar-refractivity contribution in [3.63, 3.8) is 0 Å². The molecule has 1 aliphatic heterocycles. The normalized spacial score (nSPS) is 12.3. The topological polar surface area (TPSA) is 82.5 Å². The van der Waals surface area contributed by atoms with Gasteiger partial charge in [0.2, 0.25) is 12.2 Å². The molecule has 0 aliphatic carbocycles. The second-order valence-electron chi connectivity index (χ2n) is 6.01. The van der Waals surface area contributed by atoms with Gasteiger partial charge in [-0.25, -0.2) is 0 Å². The summed E-state index contributed by atoms with van der Waals surface area (Å²) in [5, 5.41) is 7.37. The standard InChI is InChI=1S/C19H17N3O4/c1-22-14-5-3-2-4-13(14)18(23)17(21-22)19(24)20-9-8-12-6-7-15-16(10-12)26-11-25-15/h2-7,10H,8-9,11H2,1H3,(H,20,24). The Labute approximate surface area is 149 Å². The van der Waals surface area contributed by atoms with Gasteiger partial charge in [0, 0.05) is 19.0 Å². The van der Waals surface area contributed by atoms with Crippen molar-refractivity contribution in [2.75, 3.05) is 13.3 Å². The van der Waals surface area contributed by atoms with E-state index in [-0.39, 0.29) is 17.9 Å². The summed E-state index contributed by atoms with van der Waals surface area (Å²) in [5.74, 6) is 0.956. The smallest absolute Gasteiger partial charge is 0.275 e. The van der Waals surface area contributed by atoms with Crippen molar-refractivity contribution in [1.29, 1.82) is 0 Å². The van der Waals surface area contributed by atoms with Crippen molar-refractivity contribution in [3.05, 3.63) is 63.9 Å². The molecule has 1 aliphatic rings. The highest BCUT2D eigenvalue weighted by Crippen LogP contribution is 2.32. The molecule has 1 N–H and O–H groups in total. The second kappa shape index (κ2) is 6.51. The molecule has 2 aromatic carbocycles. The molecule has 0 fully saturated rings. The van der Waals surface area contributed by atoms with Crippen molar-refractivity contribution in [2.45, 2.75) is 6.42 Å². The van der Waals surface area contributed by atoms with Gasteiger partial charge in [0.25, 0.3) is 5.91 Å². The van der Waals surface area contributed by atoms with Crippen LogP contribution in [0, 0.1) is 0 Å². The molecule has 1 amide bonds. The summed E-state index contributed by atoms with van der Waals surface area (Å²) in [4.78, 5) is 24.9. The van der Waals surface area contributed by atoms with Crippen LogP contribution in [-0.2, 0) is 13.5 Å². The van der Waals surface area contributed by atoms with Crippen molar-refractivity contribution < 1.29 is 14.3 Å². The predicted octanol–water partition coefficient (Wildman–Crippen LogP) is 1.63. The van der Waals surface area contributed by atoms with E-state index in [2.05, 4.69) is 10.4 Å². The number of hydrogen-bond donors (Lipinski definition) is 1. The zero-order valence-corrected chi connectivity index (χ0v) is 14.2. The minimum absolute atomic E-state index is 0.100.